The zero-order valence-electron chi connectivity index (χ0n) is 10.2. The number of aliphatic hydroxyl groups is 1. The Hall–Kier alpha value is -1.06. The van der Waals surface area contributed by atoms with E-state index in [-0.39, 0.29) is 6.04 Å². The van der Waals surface area contributed by atoms with Crippen molar-refractivity contribution in [3.63, 3.8) is 0 Å². The van der Waals surface area contributed by atoms with E-state index in [1.54, 1.807) is 0 Å². The van der Waals surface area contributed by atoms with Crippen molar-refractivity contribution in [2.75, 3.05) is 18.4 Å². The van der Waals surface area contributed by atoms with Crippen LogP contribution in [-0.4, -0.2) is 29.8 Å². The van der Waals surface area contributed by atoms with E-state index in [1.165, 1.54) is 11.3 Å². The van der Waals surface area contributed by atoms with Crippen LogP contribution in [0.2, 0.25) is 0 Å². The molecule has 0 aliphatic carbocycles. The maximum Gasteiger partial charge on any atom is 0.0900 e. The van der Waals surface area contributed by atoms with Gasteiger partial charge in [0.25, 0.3) is 0 Å². The molecule has 3 nitrogen and oxygen atoms in total. The van der Waals surface area contributed by atoms with Crippen molar-refractivity contribution in [2.24, 2.45) is 5.92 Å². The highest BCUT2D eigenvalue weighted by Crippen LogP contribution is 2.36. The predicted octanol–water partition coefficient (Wildman–Crippen LogP) is 1.38. The van der Waals surface area contributed by atoms with E-state index < -0.39 is 5.60 Å². The Bertz CT molecular complexity index is 395. The summed E-state index contributed by atoms with van der Waals surface area (Å²) in [5, 5.41) is 17.8. The van der Waals surface area contributed by atoms with Gasteiger partial charge in [0.15, 0.2) is 0 Å². The molecule has 1 saturated heterocycles. The average Bonchev–Trinajstić information content (AvgIpc) is 2.77. The first-order valence-electron chi connectivity index (χ1n) is 6.48. The van der Waals surface area contributed by atoms with Gasteiger partial charge in [0.05, 0.1) is 11.6 Å². The maximum absolute atomic E-state index is 10.9. The van der Waals surface area contributed by atoms with Crippen molar-refractivity contribution in [2.45, 2.75) is 31.4 Å². The highest BCUT2D eigenvalue weighted by atomic mass is 16.3. The van der Waals surface area contributed by atoms with Gasteiger partial charge < -0.3 is 15.7 Å². The molecule has 0 amide bonds. The molecule has 1 aromatic rings. The molecule has 0 radical (unpaired) electrons. The van der Waals surface area contributed by atoms with Crippen LogP contribution in [0.5, 0.6) is 0 Å². The fourth-order valence-corrected chi connectivity index (χ4v) is 3.15. The monoisotopic (exact) mass is 232 g/mol. The van der Waals surface area contributed by atoms with Gasteiger partial charge in [0.2, 0.25) is 0 Å². The summed E-state index contributed by atoms with van der Waals surface area (Å²) in [6, 6.07) is 8.53. The summed E-state index contributed by atoms with van der Waals surface area (Å²) in [5.74, 6) is 0.295. The number of para-hydroxylation sites is 1. The number of anilines is 1. The third-order valence-electron chi connectivity index (χ3n) is 4.38. The molecule has 92 valence electrons. The lowest BCUT2D eigenvalue weighted by Gasteiger charge is -2.43. The zero-order valence-corrected chi connectivity index (χ0v) is 10.2. The highest BCUT2D eigenvalue weighted by molar-refractivity contribution is 5.57. The minimum Gasteiger partial charge on any atom is -0.387 e. The first-order valence-corrected chi connectivity index (χ1v) is 6.48. The molecule has 3 N–H and O–H groups in total. The third-order valence-corrected chi connectivity index (χ3v) is 4.38. The predicted molar refractivity (Wildman–Crippen MR) is 69.2 cm³/mol. The second-order valence-electron chi connectivity index (χ2n) is 5.40. The maximum atomic E-state index is 10.9. The Kier molecular flexibility index (Phi) is 2.60. The second-order valence-corrected chi connectivity index (χ2v) is 5.40. The summed E-state index contributed by atoms with van der Waals surface area (Å²) in [6.45, 7) is 3.96. The van der Waals surface area contributed by atoms with Gasteiger partial charge >= 0.3 is 0 Å². The Morgan fingerprint density at radius 3 is 2.94 bits per heavy atom. The van der Waals surface area contributed by atoms with Gasteiger partial charge in [-0.3, -0.25) is 0 Å². The number of nitrogens with one attached hydrogen (secondary N) is 2. The van der Waals surface area contributed by atoms with Crippen LogP contribution >= 0.6 is 0 Å². The van der Waals surface area contributed by atoms with Crippen molar-refractivity contribution >= 4 is 5.69 Å². The Morgan fingerprint density at radius 2 is 2.18 bits per heavy atom. The first-order chi connectivity index (χ1) is 8.20. The molecule has 2 heterocycles. The minimum absolute atomic E-state index is 0.164. The molecule has 3 heteroatoms. The van der Waals surface area contributed by atoms with Gasteiger partial charge in [-0.1, -0.05) is 25.1 Å². The molecule has 0 bridgehead atoms. The largest absolute Gasteiger partial charge is 0.387 e. The quantitative estimate of drug-likeness (QED) is 0.685. The second kappa shape index (κ2) is 4.00. The average molecular weight is 232 g/mol. The van der Waals surface area contributed by atoms with Crippen LogP contribution in [-0.2, 0) is 6.42 Å². The van der Waals surface area contributed by atoms with Gasteiger partial charge in [0, 0.05) is 12.2 Å². The van der Waals surface area contributed by atoms with E-state index in [0.717, 1.165) is 25.9 Å². The smallest absolute Gasteiger partial charge is 0.0900 e. The number of piperidine rings is 1. The zero-order chi connectivity index (χ0) is 11.9. The fourth-order valence-electron chi connectivity index (χ4n) is 3.15. The lowest BCUT2D eigenvalue weighted by atomic mass is 9.76. The summed E-state index contributed by atoms with van der Waals surface area (Å²) in [5.41, 5.74) is 1.94. The van der Waals surface area contributed by atoms with E-state index in [9.17, 15) is 5.11 Å². The minimum atomic E-state index is -0.579. The molecule has 3 atom stereocenters. The molecule has 0 saturated carbocycles. The van der Waals surface area contributed by atoms with E-state index >= 15 is 0 Å². The molecule has 17 heavy (non-hydrogen) atoms. The summed E-state index contributed by atoms with van der Waals surface area (Å²) in [4.78, 5) is 0. The van der Waals surface area contributed by atoms with Crippen molar-refractivity contribution < 1.29 is 5.11 Å². The summed E-state index contributed by atoms with van der Waals surface area (Å²) < 4.78 is 0. The lowest BCUT2D eigenvalue weighted by Crippen LogP contribution is -2.58. The summed E-state index contributed by atoms with van der Waals surface area (Å²) >= 11 is 0. The van der Waals surface area contributed by atoms with E-state index in [2.05, 4.69) is 35.8 Å². The van der Waals surface area contributed by atoms with E-state index in [4.69, 9.17) is 0 Å². The Labute approximate surface area is 102 Å². The van der Waals surface area contributed by atoms with Crippen molar-refractivity contribution in [3.8, 4) is 0 Å². The van der Waals surface area contributed by atoms with Crippen LogP contribution in [0.1, 0.15) is 18.9 Å². The van der Waals surface area contributed by atoms with Crippen LogP contribution in [0.25, 0.3) is 0 Å². The highest BCUT2D eigenvalue weighted by Gasteiger charge is 2.45. The summed E-state index contributed by atoms with van der Waals surface area (Å²) in [6.07, 6.45) is 1.77. The standard InChI is InChI=1S/C14H20N2O/c1-10-9-15-7-6-14(10,17)13-8-11-4-2-3-5-12(11)16-13/h2-5,10,13,15-17H,6-9H2,1H3. The molecular weight excluding hydrogens is 212 g/mol. The van der Waals surface area contributed by atoms with Crippen LogP contribution in [0, 0.1) is 5.92 Å². The number of hydrogen-bond acceptors (Lipinski definition) is 3. The van der Waals surface area contributed by atoms with Gasteiger partial charge in [-0.2, -0.15) is 0 Å². The van der Waals surface area contributed by atoms with E-state index in [1.807, 2.05) is 6.07 Å². The summed E-state index contributed by atoms with van der Waals surface area (Å²) in [7, 11) is 0. The SMILES string of the molecule is CC1CNCCC1(O)C1Cc2ccccc2N1. The molecule has 3 rings (SSSR count). The number of benzene rings is 1. The van der Waals surface area contributed by atoms with Gasteiger partial charge in [-0.25, -0.2) is 0 Å². The Morgan fingerprint density at radius 1 is 1.35 bits per heavy atom. The molecule has 0 spiro atoms. The molecular formula is C14H20N2O. The molecule has 2 aliphatic heterocycles. The van der Waals surface area contributed by atoms with Crippen molar-refractivity contribution in [3.05, 3.63) is 29.8 Å². The normalized spacial score (nSPS) is 36.4. The molecule has 1 fully saturated rings. The van der Waals surface area contributed by atoms with Gasteiger partial charge in [0.1, 0.15) is 0 Å². The fraction of sp³-hybridized carbons (Fsp3) is 0.571. The molecule has 2 aliphatic rings. The van der Waals surface area contributed by atoms with Crippen LogP contribution in [0.3, 0.4) is 0 Å². The number of hydrogen-bond donors (Lipinski definition) is 3. The van der Waals surface area contributed by atoms with Gasteiger partial charge in [-0.15, -0.1) is 0 Å². The van der Waals surface area contributed by atoms with Crippen LogP contribution in [0.15, 0.2) is 24.3 Å². The molecule has 0 aromatic heterocycles. The van der Waals surface area contributed by atoms with Crippen molar-refractivity contribution in [1.29, 1.82) is 0 Å². The number of fused-ring (bicyclic) bond motifs is 1. The van der Waals surface area contributed by atoms with E-state index in [0.29, 0.717) is 5.92 Å². The first kappa shape index (κ1) is 11.1. The molecule has 3 unspecified atom stereocenters. The third kappa shape index (κ3) is 1.74. The topological polar surface area (TPSA) is 44.3 Å². The Balaban J connectivity index is 1.83. The number of rotatable bonds is 1. The molecule has 1 aromatic carbocycles. The lowest BCUT2D eigenvalue weighted by molar-refractivity contribution is -0.0475. The van der Waals surface area contributed by atoms with Gasteiger partial charge in [-0.05, 0) is 36.9 Å². The van der Waals surface area contributed by atoms with Crippen molar-refractivity contribution in [1.82, 2.24) is 5.32 Å². The van der Waals surface area contributed by atoms with Crippen LogP contribution < -0.4 is 10.6 Å². The van der Waals surface area contributed by atoms with Crippen LogP contribution in [0.4, 0.5) is 5.69 Å².